The molecular formula is C30H33N5O7. The smallest absolute Gasteiger partial charge is 0.249 e. The van der Waals surface area contributed by atoms with Gasteiger partial charge in [-0.1, -0.05) is 23.4 Å². The summed E-state index contributed by atoms with van der Waals surface area (Å²) in [6.07, 6.45) is 1.63. The molecule has 42 heavy (non-hydrogen) atoms. The molecule has 1 aliphatic heterocycles. The molecule has 0 unspecified atom stereocenters. The summed E-state index contributed by atoms with van der Waals surface area (Å²) in [4.78, 5) is 29.7. The second-order valence-corrected chi connectivity index (χ2v) is 9.75. The number of para-hydroxylation sites is 1. The van der Waals surface area contributed by atoms with E-state index in [4.69, 9.17) is 18.9 Å². The van der Waals surface area contributed by atoms with E-state index in [9.17, 15) is 14.7 Å². The molecule has 2 heterocycles. The predicted octanol–water partition coefficient (Wildman–Crippen LogP) is 3.23. The molecule has 0 radical (unpaired) electrons. The van der Waals surface area contributed by atoms with Gasteiger partial charge in [0.15, 0.2) is 23.0 Å². The normalized spacial score (nSPS) is 15.3. The number of ether oxygens (including phenoxy) is 4. The molecule has 1 fully saturated rings. The summed E-state index contributed by atoms with van der Waals surface area (Å²) in [5.41, 5.74) is 2.10. The van der Waals surface area contributed by atoms with Gasteiger partial charge in [-0.25, -0.2) is 4.68 Å². The number of aromatic nitrogens is 3. The average Bonchev–Trinajstić information content (AvgIpc) is 3.69. The van der Waals surface area contributed by atoms with Gasteiger partial charge in [0.1, 0.15) is 18.1 Å². The Labute approximate surface area is 242 Å². The van der Waals surface area contributed by atoms with Crippen LogP contribution in [0.2, 0.25) is 0 Å². The number of methoxy groups -OCH3 is 3. The minimum absolute atomic E-state index is 0.0992. The average molecular weight is 576 g/mol. The molecule has 0 aliphatic carbocycles. The van der Waals surface area contributed by atoms with Crippen LogP contribution in [-0.2, 0) is 20.9 Å². The molecule has 0 spiro atoms. The summed E-state index contributed by atoms with van der Waals surface area (Å²) in [6, 6.07) is 15.7. The zero-order valence-electron chi connectivity index (χ0n) is 23.6. The van der Waals surface area contributed by atoms with Crippen molar-refractivity contribution in [1.29, 1.82) is 0 Å². The second kappa shape index (κ2) is 12.8. The Kier molecular flexibility index (Phi) is 8.72. The maximum Gasteiger partial charge on any atom is 0.249 e. The van der Waals surface area contributed by atoms with E-state index < -0.39 is 17.9 Å². The van der Waals surface area contributed by atoms with E-state index in [0.717, 1.165) is 12.8 Å². The van der Waals surface area contributed by atoms with E-state index in [0.29, 0.717) is 40.4 Å². The number of hydrogen-bond donors (Lipinski definition) is 2. The Bertz CT molecular complexity index is 1570. The Morgan fingerprint density at radius 3 is 2.57 bits per heavy atom. The zero-order chi connectivity index (χ0) is 29.6. The highest BCUT2D eigenvalue weighted by Crippen LogP contribution is 2.38. The van der Waals surface area contributed by atoms with Crippen LogP contribution in [0.1, 0.15) is 24.4 Å². The van der Waals surface area contributed by atoms with E-state index in [1.54, 1.807) is 30.3 Å². The summed E-state index contributed by atoms with van der Waals surface area (Å²) >= 11 is 0. The highest BCUT2D eigenvalue weighted by Gasteiger charge is 2.35. The molecule has 3 aromatic carbocycles. The summed E-state index contributed by atoms with van der Waals surface area (Å²) in [7, 11) is 4.42. The molecule has 12 nitrogen and oxygen atoms in total. The van der Waals surface area contributed by atoms with Crippen molar-refractivity contribution in [1.82, 2.24) is 20.3 Å². The van der Waals surface area contributed by atoms with Crippen molar-refractivity contribution >= 4 is 28.5 Å². The van der Waals surface area contributed by atoms with E-state index in [1.807, 2.05) is 18.2 Å². The number of phenols is 1. The number of carbonyl (C=O) groups excluding carboxylic acids is 2. The quantitative estimate of drug-likeness (QED) is 0.276. The number of hydrogen-bond acceptors (Lipinski definition) is 9. The van der Waals surface area contributed by atoms with Gasteiger partial charge in [0.25, 0.3) is 0 Å². The molecule has 12 heteroatoms. The number of fused-ring (bicyclic) bond motifs is 1. The summed E-state index contributed by atoms with van der Waals surface area (Å²) < 4.78 is 23.5. The summed E-state index contributed by atoms with van der Waals surface area (Å²) in [5.74, 6) is 0.0127. The highest BCUT2D eigenvalue weighted by molar-refractivity contribution is 6.02. The van der Waals surface area contributed by atoms with E-state index in [-0.39, 0.29) is 30.7 Å². The van der Waals surface area contributed by atoms with Gasteiger partial charge in [0, 0.05) is 24.9 Å². The van der Waals surface area contributed by atoms with Crippen molar-refractivity contribution < 1.29 is 33.6 Å². The number of rotatable bonds is 11. The van der Waals surface area contributed by atoms with Crippen LogP contribution in [0.15, 0.2) is 60.7 Å². The third kappa shape index (κ3) is 5.93. The van der Waals surface area contributed by atoms with Crippen LogP contribution in [-0.4, -0.2) is 72.5 Å². The van der Waals surface area contributed by atoms with Crippen LogP contribution >= 0.6 is 0 Å². The Morgan fingerprint density at radius 2 is 1.83 bits per heavy atom. The fourth-order valence-electron chi connectivity index (χ4n) is 5.05. The first-order valence-electron chi connectivity index (χ1n) is 13.5. The predicted molar refractivity (Wildman–Crippen MR) is 154 cm³/mol. The molecule has 2 amide bonds. The Hall–Kier alpha value is -4.84. The van der Waals surface area contributed by atoms with Crippen molar-refractivity contribution in [3.8, 4) is 23.0 Å². The van der Waals surface area contributed by atoms with Crippen LogP contribution in [0.25, 0.3) is 11.0 Å². The number of nitrogens with one attached hydrogen (secondary N) is 1. The zero-order valence-corrected chi connectivity index (χ0v) is 23.6. The van der Waals surface area contributed by atoms with Crippen LogP contribution in [0.3, 0.4) is 0 Å². The molecule has 0 saturated carbocycles. The van der Waals surface area contributed by atoms with Crippen molar-refractivity contribution in [2.75, 3.05) is 39.4 Å². The lowest BCUT2D eigenvalue weighted by atomic mass is 10.0. The van der Waals surface area contributed by atoms with Gasteiger partial charge in [0.05, 0.1) is 33.0 Å². The second-order valence-electron chi connectivity index (χ2n) is 9.75. The highest BCUT2D eigenvalue weighted by atomic mass is 16.5. The number of anilines is 1. The standard InChI is InChI=1S/C30H33N5O7/c1-39-25-13-11-20(16-27(25)41-3)35(28(37)18-34-23-9-5-4-8-22(23)32-33-34)29(19-10-12-24(36)26(15-19)40-2)30(38)31-17-21-7-6-14-42-21/h4-5,8-13,15-16,21,29,36H,6-7,14,17-18H2,1-3H3,(H,31,38)/t21-,29-/m1/s1. The van der Waals surface area contributed by atoms with Gasteiger partial charge >= 0.3 is 0 Å². The molecule has 0 bridgehead atoms. The first kappa shape index (κ1) is 28.7. The van der Waals surface area contributed by atoms with Crippen molar-refractivity contribution in [2.45, 2.75) is 31.5 Å². The fraction of sp³-hybridized carbons (Fsp3) is 0.333. The van der Waals surface area contributed by atoms with Gasteiger partial charge in [-0.2, -0.15) is 0 Å². The summed E-state index contributed by atoms with van der Waals surface area (Å²) in [5, 5.41) is 21.6. The minimum Gasteiger partial charge on any atom is -0.504 e. The first-order chi connectivity index (χ1) is 20.4. The summed E-state index contributed by atoms with van der Waals surface area (Å²) in [6.45, 7) is 0.715. The molecule has 220 valence electrons. The number of benzene rings is 3. The third-order valence-corrected chi connectivity index (χ3v) is 7.17. The van der Waals surface area contributed by atoms with Gasteiger partial charge in [0.2, 0.25) is 11.8 Å². The maximum absolute atomic E-state index is 14.3. The molecule has 1 aliphatic rings. The molecule has 1 aromatic heterocycles. The van der Waals surface area contributed by atoms with Crippen molar-refractivity contribution in [3.05, 3.63) is 66.2 Å². The van der Waals surface area contributed by atoms with Gasteiger partial charge in [-0.3, -0.25) is 14.5 Å². The maximum atomic E-state index is 14.3. The SMILES string of the molecule is COc1cc([C@H](C(=O)NC[C@H]2CCCO2)N(C(=O)Cn2nnc3ccccc32)c2ccc(OC)c(OC)c2)ccc1O. The molecule has 1 saturated heterocycles. The van der Waals surface area contributed by atoms with Crippen molar-refractivity contribution in [2.24, 2.45) is 0 Å². The largest absolute Gasteiger partial charge is 0.504 e. The first-order valence-corrected chi connectivity index (χ1v) is 13.5. The molecule has 2 atom stereocenters. The Balaban J connectivity index is 1.61. The topological polar surface area (TPSA) is 137 Å². The Morgan fingerprint density at radius 1 is 1.05 bits per heavy atom. The van der Waals surface area contributed by atoms with Gasteiger partial charge < -0.3 is 29.4 Å². The van der Waals surface area contributed by atoms with Crippen LogP contribution in [0.5, 0.6) is 23.0 Å². The number of nitrogens with zero attached hydrogens (tertiary/aromatic N) is 4. The van der Waals surface area contributed by atoms with E-state index in [2.05, 4.69) is 15.6 Å². The number of aromatic hydroxyl groups is 1. The molecule has 2 N–H and O–H groups in total. The lowest BCUT2D eigenvalue weighted by Gasteiger charge is -2.32. The fourth-order valence-corrected chi connectivity index (χ4v) is 5.05. The number of carbonyl (C=O) groups is 2. The third-order valence-electron chi connectivity index (χ3n) is 7.17. The van der Waals surface area contributed by atoms with E-state index >= 15 is 0 Å². The van der Waals surface area contributed by atoms with Gasteiger partial charge in [-0.15, -0.1) is 5.10 Å². The lowest BCUT2D eigenvalue weighted by Crippen LogP contribution is -2.46. The lowest BCUT2D eigenvalue weighted by molar-refractivity contribution is -0.127. The van der Waals surface area contributed by atoms with Gasteiger partial charge in [-0.05, 0) is 54.8 Å². The minimum atomic E-state index is -1.17. The van der Waals surface area contributed by atoms with Crippen LogP contribution < -0.4 is 24.4 Å². The van der Waals surface area contributed by atoms with Crippen LogP contribution in [0.4, 0.5) is 5.69 Å². The molecule has 5 rings (SSSR count). The monoisotopic (exact) mass is 575 g/mol. The van der Waals surface area contributed by atoms with Crippen molar-refractivity contribution in [3.63, 3.8) is 0 Å². The van der Waals surface area contributed by atoms with Crippen LogP contribution in [0, 0.1) is 0 Å². The molecule has 4 aromatic rings. The number of phenolic OH excluding ortho intramolecular Hbond substituents is 1. The molecular weight excluding hydrogens is 542 g/mol. The number of amides is 2. The van der Waals surface area contributed by atoms with E-state index in [1.165, 1.54) is 43.0 Å².